The molecule has 0 atom stereocenters. The summed E-state index contributed by atoms with van der Waals surface area (Å²) in [5, 5.41) is 8.78. The van der Waals surface area contributed by atoms with Crippen molar-refractivity contribution in [3.05, 3.63) is 11.1 Å². The lowest BCUT2D eigenvalue weighted by Gasteiger charge is -2.27. The summed E-state index contributed by atoms with van der Waals surface area (Å²) in [5.41, 5.74) is 2.30. The van der Waals surface area contributed by atoms with Gasteiger partial charge in [0.1, 0.15) is 0 Å². The summed E-state index contributed by atoms with van der Waals surface area (Å²) in [6.07, 6.45) is 1.07. The summed E-state index contributed by atoms with van der Waals surface area (Å²) in [7, 11) is 0. The summed E-state index contributed by atoms with van der Waals surface area (Å²) >= 11 is 5.69. The fourth-order valence-corrected chi connectivity index (χ4v) is 1.67. The first-order chi connectivity index (χ1) is 6.15. The average Bonchev–Trinajstić information content (AvgIpc) is 2.17. The molecule has 0 aromatic carbocycles. The van der Waals surface area contributed by atoms with Gasteiger partial charge in [-0.25, -0.2) is 4.79 Å². The van der Waals surface area contributed by atoms with Gasteiger partial charge in [-0.1, -0.05) is 11.1 Å². The average molecular weight is 204 g/mol. The molecule has 0 saturated carbocycles. The first-order valence-electron chi connectivity index (χ1n) is 4.36. The van der Waals surface area contributed by atoms with Gasteiger partial charge in [-0.05, 0) is 19.8 Å². The van der Waals surface area contributed by atoms with Crippen molar-refractivity contribution < 1.29 is 9.90 Å². The Hall–Kier alpha value is -0.700. The maximum atomic E-state index is 10.7. The Bertz CT molecular complexity index is 238. The second-order valence-electron chi connectivity index (χ2n) is 3.33. The Morgan fingerprint density at radius 1 is 1.69 bits per heavy atom. The molecule has 0 aliphatic carbocycles. The van der Waals surface area contributed by atoms with Crippen molar-refractivity contribution in [1.82, 2.24) is 4.90 Å². The second-order valence-corrected chi connectivity index (χ2v) is 3.59. The molecule has 13 heavy (non-hydrogen) atoms. The second kappa shape index (κ2) is 4.51. The minimum atomic E-state index is -0.834. The molecule has 3 nitrogen and oxygen atoms in total. The number of carbonyl (C=O) groups is 1. The molecule has 1 fully saturated rings. The molecule has 1 heterocycles. The normalized spacial score (nSPS) is 21.5. The number of alkyl halides is 1. The van der Waals surface area contributed by atoms with E-state index < -0.39 is 6.09 Å². The number of carboxylic acid groups (broad SMARTS) is 1. The summed E-state index contributed by atoms with van der Waals surface area (Å²) in [5.74, 6) is 0.503. The molecule has 1 aliphatic rings. The van der Waals surface area contributed by atoms with Crippen LogP contribution in [0.5, 0.6) is 0 Å². The van der Waals surface area contributed by atoms with Crippen molar-refractivity contribution in [2.24, 2.45) is 0 Å². The molecule has 1 aliphatic heterocycles. The van der Waals surface area contributed by atoms with Gasteiger partial charge in [-0.3, -0.25) is 0 Å². The van der Waals surface area contributed by atoms with Crippen molar-refractivity contribution in [2.45, 2.75) is 19.8 Å². The lowest BCUT2D eigenvalue weighted by Crippen LogP contribution is -2.36. The van der Waals surface area contributed by atoms with Gasteiger partial charge in [0.15, 0.2) is 0 Å². The van der Waals surface area contributed by atoms with Gasteiger partial charge in [-0.15, -0.1) is 11.6 Å². The van der Waals surface area contributed by atoms with E-state index in [9.17, 15) is 4.79 Å². The van der Waals surface area contributed by atoms with E-state index in [-0.39, 0.29) is 0 Å². The Balaban J connectivity index is 2.66. The zero-order valence-corrected chi connectivity index (χ0v) is 8.47. The third kappa shape index (κ3) is 2.62. The quantitative estimate of drug-likeness (QED) is 0.525. The SMILES string of the molecule is CC(CCl)=C1CCCN(C(=O)O)C1. The van der Waals surface area contributed by atoms with E-state index in [1.807, 2.05) is 6.92 Å². The van der Waals surface area contributed by atoms with E-state index in [0.717, 1.165) is 18.4 Å². The summed E-state index contributed by atoms with van der Waals surface area (Å²) < 4.78 is 0. The maximum absolute atomic E-state index is 10.7. The number of hydrogen-bond acceptors (Lipinski definition) is 1. The summed E-state index contributed by atoms with van der Waals surface area (Å²) in [4.78, 5) is 12.1. The largest absolute Gasteiger partial charge is 0.465 e. The number of allylic oxidation sites excluding steroid dienone is 1. The molecule has 0 unspecified atom stereocenters. The fourth-order valence-electron chi connectivity index (χ4n) is 1.48. The van der Waals surface area contributed by atoms with E-state index >= 15 is 0 Å². The van der Waals surface area contributed by atoms with Crippen LogP contribution in [0.2, 0.25) is 0 Å². The number of amides is 1. The lowest BCUT2D eigenvalue weighted by atomic mass is 10.0. The fraction of sp³-hybridized carbons (Fsp3) is 0.667. The van der Waals surface area contributed by atoms with E-state index in [1.165, 1.54) is 10.5 Å². The minimum Gasteiger partial charge on any atom is -0.465 e. The highest BCUT2D eigenvalue weighted by Crippen LogP contribution is 2.19. The van der Waals surface area contributed by atoms with Crippen LogP contribution in [0.4, 0.5) is 4.79 Å². The standard InChI is InChI=1S/C9H14ClNO2/c1-7(5-10)8-3-2-4-11(6-8)9(12)13/h2-6H2,1H3,(H,12,13). The predicted molar refractivity (Wildman–Crippen MR) is 52.3 cm³/mol. The van der Waals surface area contributed by atoms with Crippen LogP contribution in [0.3, 0.4) is 0 Å². The predicted octanol–water partition coefficient (Wildman–Crippen LogP) is 2.32. The highest BCUT2D eigenvalue weighted by molar-refractivity contribution is 6.19. The molecule has 0 aromatic heterocycles. The Morgan fingerprint density at radius 2 is 2.38 bits per heavy atom. The molecule has 1 N–H and O–H groups in total. The lowest BCUT2D eigenvalue weighted by molar-refractivity contribution is 0.144. The highest BCUT2D eigenvalue weighted by Gasteiger charge is 2.19. The molecule has 0 radical (unpaired) electrons. The van der Waals surface area contributed by atoms with E-state index in [0.29, 0.717) is 19.0 Å². The van der Waals surface area contributed by atoms with Crippen LogP contribution in [0.15, 0.2) is 11.1 Å². The van der Waals surface area contributed by atoms with Crippen molar-refractivity contribution >= 4 is 17.7 Å². The monoisotopic (exact) mass is 203 g/mol. The molecule has 1 rings (SSSR count). The summed E-state index contributed by atoms with van der Waals surface area (Å²) in [6, 6.07) is 0. The number of piperidine rings is 1. The third-order valence-electron chi connectivity index (χ3n) is 2.36. The summed E-state index contributed by atoms with van der Waals surface area (Å²) in [6.45, 7) is 3.15. The van der Waals surface area contributed by atoms with Crippen LogP contribution < -0.4 is 0 Å². The zero-order chi connectivity index (χ0) is 9.84. The minimum absolute atomic E-state index is 0.503. The molecule has 0 bridgehead atoms. The van der Waals surface area contributed by atoms with Gasteiger partial charge >= 0.3 is 6.09 Å². The first kappa shape index (κ1) is 10.4. The number of hydrogen-bond donors (Lipinski definition) is 1. The van der Waals surface area contributed by atoms with Crippen LogP contribution in [-0.4, -0.2) is 35.1 Å². The van der Waals surface area contributed by atoms with Crippen LogP contribution in [0.1, 0.15) is 19.8 Å². The van der Waals surface area contributed by atoms with E-state index in [1.54, 1.807) is 0 Å². The Morgan fingerprint density at radius 3 is 2.92 bits per heavy atom. The number of halogens is 1. The topological polar surface area (TPSA) is 40.5 Å². The van der Waals surface area contributed by atoms with Gasteiger partial charge in [0, 0.05) is 19.0 Å². The molecule has 1 amide bonds. The van der Waals surface area contributed by atoms with Crippen molar-refractivity contribution in [1.29, 1.82) is 0 Å². The smallest absolute Gasteiger partial charge is 0.407 e. The molecule has 74 valence electrons. The number of rotatable bonds is 1. The van der Waals surface area contributed by atoms with Crippen molar-refractivity contribution in [3.63, 3.8) is 0 Å². The Kier molecular flexibility index (Phi) is 3.60. The van der Waals surface area contributed by atoms with Crippen molar-refractivity contribution in [3.8, 4) is 0 Å². The van der Waals surface area contributed by atoms with E-state index in [2.05, 4.69) is 0 Å². The molecular formula is C9H14ClNO2. The third-order valence-corrected chi connectivity index (χ3v) is 2.76. The molecule has 0 aromatic rings. The maximum Gasteiger partial charge on any atom is 0.407 e. The molecule has 1 saturated heterocycles. The van der Waals surface area contributed by atoms with Crippen molar-refractivity contribution in [2.75, 3.05) is 19.0 Å². The Labute approximate surface area is 83.0 Å². The van der Waals surface area contributed by atoms with Crippen LogP contribution in [0, 0.1) is 0 Å². The highest BCUT2D eigenvalue weighted by atomic mass is 35.5. The number of likely N-dealkylation sites (tertiary alicyclic amines) is 1. The zero-order valence-electron chi connectivity index (χ0n) is 7.72. The first-order valence-corrected chi connectivity index (χ1v) is 4.90. The van der Waals surface area contributed by atoms with E-state index in [4.69, 9.17) is 16.7 Å². The van der Waals surface area contributed by atoms with Crippen LogP contribution >= 0.6 is 11.6 Å². The van der Waals surface area contributed by atoms with Gasteiger partial charge in [0.25, 0.3) is 0 Å². The van der Waals surface area contributed by atoms with Crippen LogP contribution in [0.25, 0.3) is 0 Å². The molecule has 0 spiro atoms. The molecule has 4 heteroatoms. The van der Waals surface area contributed by atoms with Gasteiger partial charge < -0.3 is 10.0 Å². The molecular weight excluding hydrogens is 190 g/mol. The van der Waals surface area contributed by atoms with Gasteiger partial charge in [-0.2, -0.15) is 0 Å². The number of nitrogens with zero attached hydrogens (tertiary/aromatic N) is 1. The van der Waals surface area contributed by atoms with Crippen LogP contribution in [-0.2, 0) is 0 Å². The van der Waals surface area contributed by atoms with Gasteiger partial charge in [0.05, 0.1) is 0 Å². The van der Waals surface area contributed by atoms with Gasteiger partial charge in [0.2, 0.25) is 0 Å².